The monoisotopic (exact) mass is 585 g/mol. The molecule has 2 aromatic carbocycles. The SMILES string of the molecule is CCCCN(Cc1cccn1Cc1ccc(Br)cc1)C(=O)CN(CCC(C)C)C(=O)c1ccc(Cl)cc1. The van der Waals surface area contributed by atoms with Crippen LogP contribution >= 0.6 is 27.5 Å². The first kappa shape index (κ1) is 29.0. The second kappa shape index (κ2) is 14.4. The molecule has 0 atom stereocenters. The summed E-state index contributed by atoms with van der Waals surface area (Å²) in [4.78, 5) is 30.6. The van der Waals surface area contributed by atoms with Crippen LogP contribution in [0.2, 0.25) is 5.02 Å². The van der Waals surface area contributed by atoms with Crippen molar-refractivity contribution in [1.29, 1.82) is 0 Å². The first-order valence-electron chi connectivity index (χ1n) is 13.0. The van der Waals surface area contributed by atoms with Gasteiger partial charge >= 0.3 is 0 Å². The van der Waals surface area contributed by atoms with E-state index in [9.17, 15) is 9.59 Å². The highest BCUT2D eigenvalue weighted by atomic mass is 79.9. The van der Waals surface area contributed by atoms with Crippen LogP contribution in [0.1, 0.15) is 61.6 Å². The highest BCUT2D eigenvalue weighted by Crippen LogP contribution is 2.17. The number of nitrogens with zero attached hydrogens (tertiary/aromatic N) is 3. The summed E-state index contributed by atoms with van der Waals surface area (Å²) in [6.45, 7) is 8.87. The number of benzene rings is 2. The molecule has 0 fully saturated rings. The third-order valence-electron chi connectivity index (χ3n) is 6.36. The minimum Gasteiger partial charge on any atom is -0.345 e. The Bertz CT molecular complexity index is 1140. The highest BCUT2D eigenvalue weighted by molar-refractivity contribution is 9.10. The molecule has 0 unspecified atom stereocenters. The second-order valence-electron chi connectivity index (χ2n) is 9.84. The Morgan fingerprint density at radius 3 is 2.32 bits per heavy atom. The smallest absolute Gasteiger partial charge is 0.254 e. The van der Waals surface area contributed by atoms with Gasteiger partial charge in [-0.1, -0.05) is 66.9 Å². The third-order valence-corrected chi connectivity index (χ3v) is 7.14. The standard InChI is InChI=1S/C30H37BrClN3O2/c1-4-5-17-34(21-28-7-6-18-33(28)20-24-8-12-26(31)13-9-24)29(36)22-35(19-16-23(2)3)30(37)25-10-14-27(32)15-11-25/h6-15,18,23H,4-5,16-17,19-22H2,1-3H3. The molecule has 5 nitrogen and oxygen atoms in total. The van der Waals surface area contributed by atoms with Gasteiger partial charge in [-0.25, -0.2) is 0 Å². The van der Waals surface area contributed by atoms with Crippen molar-refractivity contribution in [3.05, 3.63) is 93.2 Å². The van der Waals surface area contributed by atoms with Crippen molar-refractivity contribution in [2.45, 2.75) is 53.1 Å². The van der Waals surface area contributed by atoms with Crippen molar-refractivity contribution >= 4 is 39.3 Å². The Balaban J connectivity index is 1.76. The first-order chi connectivity index (χ1) is 17.8. The van der Waals surface area contributed by atoms with Crippen LogP contribution in [0.5, 0.6) is 0 Å². The van der Waals surface area contributed by atoms with Gasteiger partial charge in [0.05, 0.1) is 6.54 Å². The van der Waals surface area contributed by atoms with Crippen molar-refractivity contribution < 1.29 is 9.59 Å². The lowest BCUT2D eigenvalue weighted by Gasteiger charge is -2.29. The Morgan fingerprint density at radius 1 is 0.973 bits per heavy atom. The van der Waals surface area contributed by atoms with E-state index in [-0.39, 0.29) is 18.4 Å². The molecule has 2 amide bonds. The van der Waals surface area contributed by atoms with Crippen LogP contribution in [0.15, 0.2) is 71.3 Å². The molecule has 0 spiro atoms. The molecule has 3 aromatic rings. The second-order valence-corrected chi connectivity index (χ2v) is 11.2. The van der Waals surface area contributed by atoms with E-state index in [1.165, 1.54) is 5.56 Å². The number of carbonyl (C=O) groups is 2. The maximum Gasteiger partial charge on any atom is 0.254 e. The average molecular weight is 587 g/mol. The molecule has 0 bridgehead atoms. The number of unbranched alkanes of at least 4 members (excludes halogenated alkanes) is 1. The van der Waals surface area contributed by atoms with Crippen LogP contribution < -0.4 is 0 Å². The highest BCUT2D eigenvalue weighted by Gasteiger charge is 2.23. The molecule has 0 aliphatic rings. The molecule has 1 heterocycles. The third kappa shape index (κ3) is 9.04. The van der Waals surface area contributed by atoms with E-state index in [0.717, 1.165) is 36.0 Å². The molecule has 1 aromatic heterocycles. The first-order valence-corrected chi connectivity index (χ1v) is 14.1. The summed E-state index contributed by atoms with van der Waals surface area (Å²) in [6.07, 6.45) is 4.79. The molecule has 0 radical (unpaired) electrons. The summed E-state index contributed by atoms with van der Waals surface area (Å²) in [6, 6.07) is 19.2. The predicted octanol–water partition coefficient (Wildman–Crippen LogP) is 7.27. The van der Waals surface area contributed by atoms with Gasteiger partial charge in [0, 0.05) is 46.6 Å². The Hall–Kier alpha value is -2.57. The predicted molar refractivity (Wildman–Crippen MR) is 155 cm³/mol. The molecule has 0 aliphatic carbocycles. The van der Waals surface area contributed by atoms with Gasteiger partial charge in [-0.2, -0.15) is 0 Å². The lowest BCUT2D eigenvalue weighted by atomic mass is 10.1. The number of rotatable bonds is 13. The summed E-state index contributed by atoms with van der Waals surface area (Å²) in [5.74, 6) is 0.254. The van der Waals surface area contributed by atoms with Gasteiger partial charge in [-0.15, -0.1) is 0 Å². The number of amides is 2. The van der Waals surface area contributed by atoms with E-state index in [4.69, 9.17) is 11.6 Å². The fourth-order valence-electron chi connectivity index (χ4n) is 4.07. The lowest BCUT2D eigenvalue weighted by molar-refractivity contribution is -0.132. The lowest BCUT2D eigenvalue weighted by Crippen LogP contribution is -2.44. The average Bonchev–Trinajstić information content (AvgIpc) is 3.31. The zero-order valence-corrected chi connectivity index (χ0v) is 24.3. The molecule has 7 heteroatoms. The van der Waals surface area contributed by atoms with E-state index in [1.807, 2.05) is 23.1 Å². The van der Waals surface area contributed by atoms with Crippen molar-refractivity contribution in [3.63, 3.8) is 0 Å². The van der Waals surface area contributed by atoms with E-state index in [0.29, 0.717) is 36.1 Å². The summed E-state index contributed by atoms with van der Waals surface area (Å²) in [5, 5.41) is 0.582. The fraction of sp³-hybridized carbons (Fsp3) is 0.400. The van der Waals surface area contributed by atoms with Crippen molar-refractivity contribution in [2.75, 3.05) is 19.6 Å². The van der Waals surface area contributed by atoms with E-state index in [1.54, 1.807) is 29.2 Å². The van der Waals surface area contributed by atoms with Crippen LogP contribution in [0, 0.1) is 5.92 Å². The van der Waals surface area contributed by atoms with Gasteiger partial charge in [0.15, 0.2) is 0 Å². The zero-order chi connectivity index (χ0) is 26.8. The van der Waals surface area contributed by atoms with Crippen LogP contribution in [0.4, 0.5) is 0 Å². The summed E-state index contributed by atoms with van der Waals surface area (Å²) < 4.78 is 3.24. The maximum absolute atomic E-state index is 13.6. The fourth-order valence-corrected chi connectivity index (χ4v) is 4.47. The Kier molecular flexibility index (Phi) is 11.3. The maximum atomic E-state index is 13.6. The molecular formula is C30H37BrClN3O2. The summed E-state index contributed by atoms with van der Waals surface area (Å²) in [7, 11) is 0. The largest absolute Gasteiger partial charge is 0.345 e. The van der Waals surface area contributed by atoms with Gasteiger partial charge in [0.25, 0.3) is 5.91 Å². The molecule has 0 saturated heterocycles. The van der Waals surface area contributed by atoms with E-state index in [2.05, 4.69) is 65.7 Å². The minimum atomic E-state index is -0.139. The number of hydrogen-bond acceptors (Lipinski definition) is 2. The number of aromatic nitrogens is 1. The molecule has 3 rings (SSSR count). The zero-order valence-electron chi connectivity index (χ0n) is 22.0. The molecular weight excluding hydrogens is 550 g/mol. The Morgan fingerprint density at radius 2 is 1.68 bits per heavy atom. The van der Waals surface area contributed by atoms with E-state index < -0.39 is 0 Å². The van der Waals surface area contributed by atoms with Gasteiger partial charge in [0.1, 0.15) is 6.54 Å². The number of carbonyl (C=O) groups excluding carboxylic acids is 2. The number of halogens is 2. The Labute approximate surface area is 234 Å². The van der Waals surface area contributed by atoms with Crippen LogP contribution in [-0.2, 0) is 17.9 Å². The molecule has 198 valence electrons. The molecule has 37 heavy (non-hydrogen) atoms. The summed E-state index contributed by atoms with van der Waals surface area (Å²) >= 11 is 9.51. The minimum absolute atomic E-state index is 0.0316. The van der Waals surface area contributed by atoms with Crippen LogP contribution in [0.25, 0.3) is 0 Å². The molecule has 0 saturated carbocycles. The van der Waals surface area contributed by atoms with Crippen molar-refractivity contribution in [1.82, 2.24) is 14.4 Å². The normalized spacial score (nSPS) is 11.1. The van der Waals surface area contributed by atoms with Gasteiger partial charge in [-0.3, -0.25) is 9.59 Å². The van der Waals surface area contributed by atoms with Gasteiger partial charge in [0.2, 0.25) is 5.91 Å². The van der Waals surface area contributed by atoms with Crippen molar-refractivity contribution in [2.24, 2.45) is 5.92 Å². The van der Waals surface area contributed by atoms with Gasteiger partial charge in [-0.05, 0) is 72.9 Å². The molecule has 0 N–H and O–H groups in total. The quantitative estimate of drug-likeness (QED) is 0.211. The van der Waals surface area contributed by atoms with Crippen molar-refractivity contribution in [3.8, 4) is 0 Å². The van der Waals surface area contributed by atoms with Gasteiger partial charge < -0.3 is 14.4 Å². The topological polar surface area (TPSA) is 45.6 Å². The van der Waals surface area contributed by atoms with Crippen LogP contribution in [-0.4, -0.2) is 45.8 Å². The van der Waals surface area contributed by atoms with Crippen LogP contribution in [0.3, 0.4) is 0 Å². The summed E-state index contributed by atoms with van der Waals surface area (Å²) in [5.41, 5.74) is 2.81. The van der Waals surface area contributed by atoms with E-state index >= 15 is 0 Å². The number of hydrogen-bond donors (Lipinski definition) is 0. The molecule has 0 aliphatic heterocycles.